The lowest BCUT2D eigenvalue weighted by Gasteiger charge is -2.20. The van der Waals surface area contributed by atoms with E-state index >= 15 is 0 Å². The van der Waals surface area contributed by atoms with E-state index in [1.54, 1.807) is 0 Å². The molecule has 1 atom stereocenters. The van der Waals surface area contributed by atoms with Crippen LogP contribution in [0, 0.1) is 5.92 Å². The molecule has 0 aromatic heterocycles. The molecule has 4 heteroatoms. The largest absolute Gasteiger partial charge is 0.371 e. The summed E-state index contributed by atoms with van der Waals surface area (Å²) in [6.45, 7) is 2.78. The molecule has 0 bridgehead atoms. The average molecular weight is 355 g/mol. The zero-order chi connectivity index (χ0) is 17.3. The van der Waals surface area contributed by atoms with E-state index < -0.39 is 0 Å². The summed E-state index contributed by atoms with van der Waals surface area (Å²) in [5.41, 5.74) is 2.10. The zero-order valence-electron chi connectivity index (χ0n) is 14.2. The molecule has 0 spiro atoms. The average Bonchev–Trinajstić information content (AvgIpc) is 3.33. The number of hydrogen-bond donors (Lipinski definition) is 1. The predicted octanol–water partition coefficient (Wildman–Crippen LogP) is 4.01. The molecule has 1 aliphatic heterocycles. The van der Waals surface area contributed by atoms with Crippen LogP contribution in [0.5, 0.6) is 0 Å². The zero-order valence-corrected chi connectivity index (χ0v) is 15.0. The maximum Gasteiger partial charge on any atom is 0.230 e. The second-order valence-electron chi connectivity index (χ2n) is 7.24. The summed E-state index contributed by atoms with van der Waals surface area (Å²) in [6.07, 6.45) is 3.04. The van der Waals surface area contributed by atoms with Gasteiger partial charge in [0.2, 0.25) is 5.91 Å². The van der Waals surface area contributed by atoms with Crippen molar-refractivity contribution >= 4 is 23.2 Å². The van der Waals surface area contributed by atoms with E-state index in [1.807, 2.05) is 30.3 Å². The van der Waals surface area contributed by atoms with Gasteiger partial charge in [-0.15, -0.1) is 0 Å². The molecule has 2 aromatic carbocycles. The Balaban J connectivity index is 1.32. The van der Waals surface area contributed by atoms with Crippen LogP contribution >= 0.6 is 11.6 Å². The number of anilines is 1. The Morgan fingerprint density at radius 1 is 1.12 bits per heavy atom. The Hall–Kier alpha value is -2.00. The fraction of sp³-hybridized carbons (Fsp3) is 0.381. The van der Waals surface area contributed by atoms with Gasteiger partial charge in [-0.2, -0.15) is 0 Å². The van der Waals surface area contributed by atoms with Crippen LogP contribution in [-0.4, -0.2) is 25.5 Å². The molecule has 1 aliphatic carbocycles. The molecule has 2 fully saturated rings. The summed E-state index contributed by atoms with van der Waals surface area (Å²) < 4.78 is 0. The van der Waals surface area contributed by atoms with Gasteiger partial charge in [-0.05, 0) is 55.0 Å². The van der Waals surface area contributed by atoms with Crippen molar-refractivity contribution in [1.29, 1.82) is 0 Å². The lowest BCUT2D eigenvalue weighted by Crippen LogP contribution is -2.38. The monoisotopic (exact) mass is 354 g/mol. The highest BCUT2D eigenvalue weighted by atomic mass is 35.5. The Labute approximate surface area is 154 Å². The number of carbonyl (C=O) groups is 1. The molecule has 2 aromatic rings. The first-order chi connectivity index (χ1) is 12.2. The number of nitrogens with zero attached hydrogens (tertiary/aromatic N) is 1. The summed E-state index contributed by atoms with van der Waals surface area (Å²) in [5.74, 6) is 0.704. The third kappa shape index (κ3) is 3.38. The second-order valence-corrected chi connectivity index (χ2v) is 7.67. The quantitative estimate of drug-likeness (QED) is 0.879. The molecule has 3 nitrogen and oxygen atoms in total. The first-order valence-electron chi connectivity index (χ1n) is 9.02. The Bertz CT molecular complexity index is 740. The molecular formula is C21H23ClN2O. The van der Waals surface area contributed by atoms with Crippen LogP contribution in [0.4, 0.5) is 5.69 Å². The minimum atomic E-state index is -0.268. The first-order valence-corrected chi connectivity index (χ1v) is 9.39. The molecule has 25 heavy (non-hydrogen) atoms. The van der Waals surface area contributed by atoms with Gasteiger partial charge < -0.3 is 10.2 Å². The summed E-state index contributed by atoms with van der Waals surface area (Å²) in [5, 5.41) is 3.99. The smallest absolute Gasteiger partial charge is 0.230 e. The second kappa shape index (κ2) is 6.72. The number of amides is 1. The molecular weight excluding hydrogens is 332 g/mol. The minimum absolute atomic E-state index is 0.198. The van der Waals surface area contributed by atoms with Crippen LogP contribution in [0.25, 0.3) is 0 Å². The van der Waals surface area contributed by atoms with Crippen LogP contribution in [0.2, 0.25) is 5.02 Å². The fourth-order valence-corrected chi connectivity index (χ4v) is 3.95. The van der Waals surface area contributed by atoms with Crippen LogP contribution in [0.1, 0.15) is 24.8 Å². The van der Waals surface area contributed by atoms with E-state index in [-0.39, 0.29) is 11.3 Å². The van der Waals surface area contributed by atoms with Gasteiger partial charge in [-0.1, -0.05) is 41.9 Å². The van der Waals surface area contributed by atoms with Crippen LogP contribution < -0.4 is 10.2 Å². The van der Waals surface area contributed by atoms with Gasteiger partial charge >= 0.3 is 0 Å². The molecule has 1 amide bonds. The number of nitrogens with one attached hydrogen (secondary N) is 1. The fourth-order valence-electron chi connectivity index (χ4n) is 3.82. The van der Waals surface area contributed by atoms with Crippen molar-refractivity contribution in [3.8, 4) is 0 Å². The highest BCUT2D eigenvalue weighted by molar-refractivity contribution is 6.30. The van der Waals surface area contributed by atoms with Crippen molar-refractivity contribution in [2.75, 3.05) is 24.5 Å². The topological polar surface area (TPSA) is 32.3 Å². The first kappa shape index (κ1) is 16.5. The van der Waals surface area contributed by atoms with Crippen molar-refractivity contribution in [2.45, 2.75) is 24.7 Å². The number of hydrogen-bond acceptors (Lipinski definition) is 2. The van der Waals surface area contributed by atoms with Crippen LogP contribution in [0.15, 0.2) is 54.6 Å². The summed E-state index contributed by atoms with van der Waals surface area (Å²) in [7, 11) is 0. The predicted molar refractivity (Wildman–Crippen MR) is 102 cm³/mol. The standard InChI is InChI=1S/C21H23ClN2O/c22-18-6-8-19(9-7-18)24-13-10-16(15-24)14-23-20(25)21(11-12-21)17-4-2-1-3-5-17/h1-9,16H,10-15H2,(H,23,25). The van der Waals surface area contributed by atoms with Gasteiger partial charge in [0.25, 0.3) is 0 Å². The Morgan fingerprint density at radius 2 is 1.84 bits per heavy atom. The molecule has 1 unspecified atom stereocenters. The lowest BCUT2D eigenvalue weighted by atomic mass is 9.95. The van der Waals surface area contributed by atoms with E-state index in [0.717, 1.165) is 49.5 Å². The third-order valence-corrected chi connectivity index (χ3v) is 5.79. The number of carbonyl (C=O) groups excluding carboxylic acids is 1. The van der Waals surface area contributed by atoms with Crippen molar-refractivity contribution in [3.05, 3.63) is 65.2 Å². The van der Waals surface area contributed by atoms with Crippen molar-refractivity contribution in [3.63, 3.8) is 0 Å². The Morgan fingerprint density at radius 3 is 2.52 bits per heavy atom. The van der Waals surface area contributed by atoms with Gasteiger partial charge in [0, 0.05) is 30.3 Å². The summed E-state index contributed by atoms with van der Waals surface area (Å²) >= 11 is 5.96. The molecule has 2 aliphatic rings. The van der Waals surface area contributed by atoms with E-state index in [9.17, 15) is 4.79 Å². The van der Waals surface area contributed by atoms with Gasteiger partial charge in [0.15, 0.2) is 0 Å². The molecule has 1 N–H and O–H groups in total. The number of halogens is 1. The molecule has 1 heterocycles. The van der Waals surface area contributed by atoms with Gasteiger partial charge in [-0.3, -0.25) is 4.79 Å². The van der Waals surface area contributed by atoms with Gasteiger partial charge in [0.1, 0.15) is 0 Å². The van der Waals surface area contributed by atoms with E-state index in [2.05, 4.69) is 34.5 Å². The van der Waals surface area contributed by atoms with Crippen molar-refractivity contribution in [1.82, 2.24) is 5.32 Å². The molecule has 1 saturated carbocycles. The minimum Gasteiger partial charge on any atom is -0.371 e. The highest BCUT2D eigenvalue weighted by Crippen LogP contribution is 2.48. The van der Waals surface area contributed by atoms with E-state index in [0.29, 0.717) is 5.92 Å². The molecule has 130 valence electrons. The van der Waals surface area contributed by atoms with Gasteiger partial charge in [0.05, 0.1) is 5.41 Å². The van der Waals surface area contributed by atoms with Crippen LogP contribution in [-0.2, 0) is 10.2 Å². The summed E-state index contributed by atoms with van der Waals surface area (Å²) in [4.78, 5) is 15.1. The highest BCUT2D eigenvalue weighted by Gasteiger charge is 2.51. The normalized spacial score (nSPS) is 21.2. The lowest BCUT2D eigenvalue weighted by molar-refractivity contribution is -0.123. The maximum absolute atomic E-state index is 12.7. The van der Waals surface area contributed by atoms with Crippen molar-refractivity contribution < 1.29 is 4.79 Å². The molecule has 1 saturated heterocycles. The van der Waals surface area contributed by atoms with E-state index in [4.69, 9.17) is 11.6 Å². The summed E-state index contributed by atoms with van der Waals surface area (Å²) in [6, 6.07) is 18.2. The number of benzene rings is 2. The van der Waals surface area contributed by atoms with E-state index in [1.165, 1.54) is 5.69 Å². The molecule has 4 rings (SSSR count). The number of rotatable bonds is 5. The Kier molecular flexibility index (Phi) is 4.43. The SMILES string of the molecule is O=C(NCC1CCN(c2ccc(Cl)cc2)C1)C1(c2ccccc2)CC1. The molecule has 0 radical (unpaired) electrons. The van der Waals surface area contributed by atoms with Gasteiger partial charge in [-0.25, -0.2) is 0 Å². The third-order valence-electron chi connectivity index (χ3n) is 5.54. The maximum atomic E-state index is 12.7. The van der Waals surface area contributed by atoms with Crippen LogP contribution in [0.3, 0.4) is 0 Å². The van der Waals surface area contributed by atoms with Crippen molar-refractivity contribution in [2.24, 2.45) is 5.92 Å².